The van der Waals surface area contributed by atoms with Crippen molar-refractivity contribution in [1.82, 2.24) is 4.90 Å². The van der Waals surface area contributed by atoms with E-state index in [1.807, 2.05) is 30.3 Å². The van der Waals surface area contributed by atoms with Gasteiger partial charge in [-0.1, -0.05) is 42.5 Å². The predicted molar refractivity (Wildman–Crippen MR) is 146 cm³/mol. The van der Waals surface area contributed by atoms with Crippen LogP contribution in [-0.2, 0) is 22.6 Å². The number of alkyl halides is 2. The van der Waals surface area contributed by atoms with Crippen LogP contribution in [0.15, 0.2) is 66.7 Å². The number of nitrogens with zero attached hydrogens (tertiary/aromatic N) is 1. The van der Waals surface area contributed by atoms with Crippen molar-refractivity contribution in [1.29, 1.82) is 0 Å². The molecule has 0 radical (unpaired) electrons. The highest BCUT2D eigenvalue weighted by Gasteiger charge is 2.40. The number of likely N-dealkylation sites (tertiary alicyclic amines) is 1. The molecular formula is C31H31F2NO7. The number of carbonyl (C=O) groups is 3. The number of aliphatic carboxylic acids is 2. The molecule has 1 aliphatic rings. The molecule has 4 rings (SSSR count). The highest BCUT2D eigenvalue weighted by Crippen LogP contribution is 2.32. The molecule has 216 valence electrons. The molecule has 3 aromatic carbocycles. The highest BCUT2D eigenvalue weighted by atomic mass is 19.3. The Kier molecular flexibility index (Phi) is 9.54. The topological polar surface area (TPSA) is 113 Å². The Morgan fingerprint density at radius 3 is 2.32 bits per heavy atom. The fraction of sp³-hybridized carbons (Fsp3) is 0.323. The Morgan fingerprint density at radius 2 is 1.63 bits per heavy atom. The molecule has 0 unspecified atom stereocenters. The molecule has 0 bridgehead atoms. The van der Waals surface area contributed by atoms with E-state index in [1.54, 1.807) is 30.3 Å². The van der Waals surface area contributed by atoms with Crippen LogP contribution in [0, 0.1) is 0 Å². The SMILES string of the molecule is O=C(O)CCCOc1cccc(COc2cc(C(=O)N3CCC(F)(F)C3)cc(-c3ccccc3)c2)c1CCC(=O)O. The summed E-state index contributed by atoms with van der Waals surface area (Å²) < 4.78 is 39.6. The van der Waals surface area contributed by atoms with Gasteiger partial charge in [-0.05, 0) is 53.8 Å². The lowest BCUT2D eigenvalue weighted by molar-refractivity contribution is -0.138. The molecule has 3 aromatic rings. The normalized spacial score (nSPS) is 14.0. The molecule has 1 aliphatic heterocycles. The molecule has 1 fully saturated rings. The number of hydrogen-bond acceptors (Lipinski definition) is 5. The van der Waals surface area contributed by atoms with Gasteiger partial charge in [0.15, 0.2) is 0 Å². The number of carboxylic acid groups (broad SMARTS) is 2. The van der Waals surface area contributed by atoms with Gasteiger partial charge in [0.1, 0.15) is 18.1 Å². The summed E-state index contributed by atoms with van der Waals surface area (Å²) in [5, 5.41) is 18.1. The summed E-state index contributed by atoms with van der Waals surface area (Å²) in [4.78, 5) is 36.5. The maximum atomic E-state index is 13.8. The summed E-state index contributed by atoms with van der Waals surface area (Å²) in [7, 11) is 0. The van der Waals surface area contributed by atoms with Gasteiger partial charge in [-0.25, -0.2) is 8.78 Å². The van der Waals surface area contributed by atoms with E-state index >= 15 is 0 Å². The van der Waals surface area contributed by atoms with E-state index in [2.05, 4.69) is 0 Å². The van der Waals surface area contributed by atoms with Crippen molar-refractivity contribution in [2.24, 2.45) is 0 Å². The fourth-order valence-corrected chi connectivity index (χ4v) is 4.66. The van der Waals surface area contributed by atoms with E-state index in [4.69, 9.17) is 14.6 Å². The Bertz CT molecular complexity index is 1390. The third kappa shape index (κ3) is 8.26. The summed E-state index contributed by atoms with van der Waals surface area (Å²) in [6.45, 7) is -0.501. The van der Waals surface area contributed by atoms with Crippen molar-refractivity contribution >= 4 is 17.8 Å². The summed E-state index contributed by atoms with van der Waals surface area (Å²) in [5.41, 5.74) is 3.01. The minimum absolute atomic E-state index is 0.0228. The quantitative estimate of drug-likeness (QED) is 0.256. The second-order valence-corrected chi connectivity index (χ2v) is 9.87. The van der Waals surface area contributed by atoms with E-state index < -0.39 is 30.3 Å². The van der Waals surface area contributed by atoms with Gasteiger partial charge in [-0.15, -0.1) is 0 Å². The van der Waals surface area contributed by atoms with Crippen LogP contribution in [0.2, 0.25) is 0 Å². The molecule has 1 saturated heterocycles. The molecule has 0 atom stereocenters. The molecule has 8 nitrogen and oxygen atoms in total. The maximum absolute atomic E-state index is 13.8. The number of benzene rings is 3. The lowest BCUT2D eigenvalue weighted by Gasteiger charge is -2.19. The van der Waals surface area contributed by atoms with Crippen molar-refractivity contribution in [3.05, 3.63) is 83.4 Å². The Morgan fingerprint density at radius 1 is 0.878 bits per heavy atom. The zero-order valence-corrected chi connectivity index (χ0v) is 22.4. The largest absolute Gasteiger partial charge is 0.493 e. The molecule has 2 N–H and O–H groups in total. The number of rotatable bonds is 13. The average Bonchev–Trinajstić information content (AvgIpc) is 3.32. The lowest BCUT2D eigenvalue weighted by atomic mass is 10.0. The van der Waals surface area contributed by atoms with Crippen LogP contribution in [0.5, 0.6) is 11.5 Å². The minimum Gasteiger partial charge on any atom is -0.493 e. The second kappa shape index (κ2) is 13.3. The van der Waals surface area contributed by atoms with Crippen molar-refractivity contribution in [2.45, 2.75) is 44.6 Å². The molecular weight excluding hydrogens is 536 g/mol. The zero-order chi connectivity index (χ0) is 29.4. The monoisotopic (exact) mass is 567 g/mol. The Labute approximate surface area is 236 Å². The molecule has 41 heavy (non-hydrogen) atoms. The standard InChI is InChI=1S/C31H31F2NO7/c32-31(33)13-14-34(20-31)30(39)24-16-23(21-6-2-1-3-7-21)17-25(18-24)41-19-22-8-4-9-27(26(22)11-12-29(37)38)40-15-5-10-28(35)36/h1-4,6-9,16-18H,5,10-15,19-20H2,(H,35,36)(H,37,38). The van der Waals surface area contributed by atoms with Gasteiger partial charge in [0, 0.05) is 36.9 Å². The number of carbonyl (C=O) groups excluding carboxylic acids is 1. The van der Waals surface area contributed by atoms with E-state index in [0.717, 1.165) is 10.5 Å². The number of hydrogen-bond donors (Lipinski definition) is 2. The summed E-state index contributed by atoms with van der Waals surface area (Å²) in [5.74, 6) is -4.55. The smallest absolute Gasteiger partial charge is 0.303 e. The van der Waals surface area contributed by atoms with Gasteiger partial charge < -0.3 is 24.6 Å². The molecule has 0 aromatic heterocycles. The Balaban J connectivity index is 1.60. The van der Waals surface area contributed by atoms with Crippen LogP contribution in [0.25, 0.3) is 11.1 Å². The highest BCUT2D eigenvalue weighted by molar-refractivity contribution is 5.96. The number of carboxylic acids is 2. The number of amides is 1. The van der Waals surface area contributed by atoms with Crippen LogP contribution in [0.3, 0.4) is 0 Å². The Hall–Kier alpha value is -4.47. The van der Waals surface area contributed by atoms with Gasteiger partial charge in [0.25, 0.3) is 11.8 Å². The van der Waals surface area contributed by atoms with E-state index in [-0.39, 0.29) is 51.0 Å². The average molecular weight is 568 g/mol. The van der Waals surface area contributed by atoms with Gasteiger partial charge in [0.05, 0.1) is 13.2 Å². The van der Waals surface area contributed by atoms with Crippen LogP contribution >= 0.6 is 0 Å². The number of halogens is 2. The van der Waals surface area contributed by atoms with Crippen LogP contribution < -0.4 is 9.47 Å². The second-order valence-electron chi connectivity index (χ2n) is 9.87. The molecule has 10 heteroatoms. The van der Waals surface area contributed by atoms with Gasteiger partial charge in [0.2, 0.25) is 0 Å². The first-order valence-electron chi connectivity index (χ1n) is 13.3. The van der Waals surface area contributed by atoms with Gasteiger partial charge in [-0.2, -0.15) is 0 Å². The van der Waals surface area contributed by atoms with E-state index in [9.17, 15) is 28.3 Å². The van der Waals surface area contributed by atoms with Crippen molar-refractivity contribution in [2.75, 3.05) is 19.7 Å². The molecule has 0 spiro atoms. The predicted octanol–water partition coefficient (Wildman–Crippen LogP) is 5.67. The maximum Gasteiger partial charge on any atom is 0.303 e. The van der Waals surface area contributed by atoms with Crippen molar-refractivity contribution < 1.29 is 42.9 Å². The lowest BCUT2D eigenvalue weighted by Crippen LogP contribution is -2.31. The molecule has 0 saturated carbocycles. The zero-order valence-electron chi connectivity index (χ0n) is 22.4. The first-order chi connectivity index (χ1) is 19.6. The minimum atomic E-state index is -2.92. The van der Waals surface area contributed by atoms with Crippen molar-refractivity contribution in [3.63, 3.8) is 0 Å². The van der Waals surface area contributed by atoms with Crippen LogP contribution in [-0.4, -0.2) is 58.6 Å². The van der Waals surface area contributed by atoms with E-state index in [0.29, 0.717) is 34.6 Å². The van der Waals surface area contributed by atoms with Crippen LogP contribution in [0.1, 0.15) is 47.2 Å². The van der Waals surface area contributed by atoms with Gasteiger partial charge in [-0.3, -0.25) is 14.4 Å². The summed E-state index contributed by atoms with van der Waals surface area (Å²) in [6.07, 6.45) is -0.124. The first kappa shape index (κ1) is 29.5. The summed E-state index contributed by atoms with van der Waals surface area (Å²) in [6, 6.07) is 19.4. The fourth-order valence-electron chi connectivity index (χ4n) is 4.66. The third-order valence-electron chi connectivity index (χ3n) is 6.72. The molecule has 1 heterocycles. The van der Waals surface area contributed by atoms with E-state index in [1.165, 1.54) is 6.07 Å². The number of ether oxygens (including phenoxy) is 2. The van der Waals surface area contributed by atoms with Crippen LogP contribution in [0.4, 0.5) is 8.78 Å². The summed E-state index contributed by atoms with van der Waals surface area (Å²) >= 11 is 0. The molecule has 1 amide bonds. The first-order valence-corrected chi connectivity index (χ1v) is 13.3. The van der Waals surface area contributed by atoms with Crippen molar-refractivity contribution in [3.8, 4) is 22.6 Å². The van der Waals surface area contributed by atoms with Gasteiger partial charge >= 0.3 is 11.9 Å². The molecule has 0 aliphatic carbocycles. The third-order valence-corrected chi connectivity index (χ3v) is 6.72.